The van der Waals surface area contributed by atoms with Gasteiger partial charge in [-0.2, -0.15) is 0 Å². The summed E-state index contributed by atoms with van der Waals surface area (Å²) >= 11 is 0. The molecule has 0 atom stereocenters. The smallest absolute Gasteiger partial charge is 0.241 e. The van der Waals surface area contributed by atoms with Gasteiger partial charge in [0, 0.05) is 11.8 Å². The standard InChI is InChI=1S/C14H14N2O4/c15-7-14(17)16(8-11-2-1-5-18-11)10-3-4-12-13(6-10)20-9-19-12/h1-6H,7-9,15H2. The van der Waals surface area contributed by atoms with E-state index in [0.29, 0.717) is 29.5 Å². The van der Waals surface area contributed by atoms with Crippen LogP contribution < -0.4 is 20.1 Å². The van der Waals surface area contributed by atoms with Gasteiger partial charge in [0.15, 0.2) is 11.5 Å². The summed E-state index contributed by atoms with van der Waals surface area (Å²) in [4.78, 5) is 13.6. The molecule has 2 N–H and O–H groups in total. The van der Waals surface area contributed by atoms with Crippen molar-refractivity contribution < 1.29 is 18.7 Å². The number of anilines is 1. The lowest BCUT2D eigenvalue weighted by Gasteiger charge is -2.21. The van der Waals surface area contributed by atoms with E-state index in [-0.39, 0.29) is 19.2 Å². The molecule has 1 aliphatic heterocycles. The second-order valence-corrected chi connectivity index (χ2v) is 4.30. The molecule has 6 nitrogen and oxygen atoms in total. The van der Waals surface area contributed by atoms with E-state index in [4.69, 9.17) is 19.6 Å². The van der Waals surface area contributed by atoms with Crippen molar-refractivity contribution >= 4 is 11.6 Å². The summed E-state index contributed by atoms with van der Waals surface area (Å²) in [5.74, 6) is 1.79. The SMILES string of the molecule is NCC(=O)N(Cc1ccco1)c1ccc2c(c1)OCO2. The highest BCUT2D eigenvalue weighted by Crippen LogP contribution is 2.35. The van der Waals surface area contributed by atoms with Crippen molar-refractivity contribution in [2.45, 2.75) is 6.54 Å². The van der Waals surface area contributed by atoms with Crippen LogP contribution >= 0.6 is 0 Å². The molecule has 1 aromatic carbocycles. The number of hydrogen-bond acceptors (Lipinski definition) is 5. The Morgan fingerprint density at radius 1 is 1.25 bits per heavy atom. The summed E-state index contributed by atoms with van der Waals surface area (Å²) in [5.41, 5.74) is 6.17. The maximum absolute atomic E-state index is 12.0. The number of ether oxygens (including phenoxy) is 2. The summed E-state index contributed by atoms with van der Waals surface area (Å²) in [7, 11) is 0. The zero-order valence-corrected chi connectivity index (χ0v) is 10.7. The third-order valence-electron chi connectivity index (χ3n) is 3.04. The van der Waals surface area contributed by atoms with E-state index in [1.165, 1.54) is 0 Å². The topological polar surface area (TPSA) is 77.9 Å². The molecule has 1 amide bonds. The Hall–Kier alpha value is -2.47. The van der Waals surface area contributed by atoms with Crippen LogP contribution in [0.1, 0.15) is 5.76 Å². The molecule has 0 saturated carbocycles. The van der Waals surface area contributed by atoms with Crippen molar-refractivity contribution in [1.29, 1.82) is 0 Å². The normalized spacial score (nSPS) is 12.4. The zero-order chi connectivity index (χ0) is 13.9. The van der Waals surface area contributed by atoms with Crippen molar-refractivity contribution in [2.75, 3.05) is 18.2 Å². The van der Waals surface area contributed by atoms with Gasteiger partial charge < -0.3 is 24.5 Å². The number of carbonyl (C=O) groups excluding carboxylic acids is 1. The monoisotopic (exact) mass is 274 g/mol. The van der Waals surface area contributed by atoms with Crippen molar-refractivity contribution in [1.82, 2.24) is 0 Å². The molecule has 0 saturated heterocycles. The Balaban J connectivity index is 1.90. The summed E-state index contributed by atoms with van der Waals surface area (Å²) < 4.78 is 15.9. The van der Waals surface area contributed by atoms with Crippen molar-refractivity contribution in [3.05, 3.63) is 42.4 Å². The van der Waals surface area contributed by atoms with Gasteiger partial charge in [0.1, 0.15) is 5.76 Å². The van der Waals surface area contributed by atoms with Gasteiger partial charge in [-0.3, -0.25) is 4.79 Å². The highest BCUT2D eigenvalue weighted by atomic mass is 16.7. The van der Waals surface area contributed by atoms with Crippen LogP contribution in [0.5, 0.6) is 11.5 Å². The number of nitrogens with zero attached hydrogens (tertiary/aromatic N) is 1. The molecule has 104 valence electrons. The minimum atomic E-state index is -0.194. The maximum atomic E-state index is 12.0. The molecule has 1 aromatic heterocycles. The van der Waals surface area contributed by atoms with E-state index in [0.717, 1.165) is 0 Å². The first-order valence-corrected chi connectivity index (χ1v) is 6.20. The molecule has 3 rings (SSSR count). The first kappa shape index (κ1) is 12.6. The quantitative estimate of drug-likeness (QED) is 0.914. The number of fused-ring (bicyclic) bond motifs is 1. The van der Waals surface area contributed by atoms with Crippen LogP contribution in [0.15, 0.2) is 41.0 Å². The minimum Gasteiger partial charge on any atom is -0.467 e. The van der Waals surface area contributed by atoms with Crippen molar-refractivity contribution in [2.24, 2.45) is 5.73 Å². The fourth-order valence-electron chi connectivity index (χ4n) is 2.05. The number of benzene rings is 1. The van der Waals surface area contributed by atoms with Gasteiger partial charge in [-0.05, 0) is 24.3 Å². The number of nitrogens with two attached hydrogens (primary N) is 1. The number of carbonyl (C=O) groups is 1. The van der Waals surface area contributed by atoms with Gasteiger partial charge >= 0.3 is 0 Å². The highest BCUT2D eigenvalue weighted by Gasteiger charge is 2.20. The Labute approximate surface area is 115 Å². The Morgan fingerprint density at radius 3 is 2.85 bits per heavy atom. The van der Waals surface area contributed by atoms with E-state index in [2.05, 4.69) is 0 Å². The number of furan rings is 1. The van der Waals surface area contributed by atoms with E-state index in [9.17, 15) is 4.79 Å². The van der Waals surface area contributed by atoms with Crippen LogP contribution in [0.3, 0.4) is 0 Å². The van der Waals surface area contributed by atoms with Gasteiger partial charge in [-0.15, -0.1) is 0 Å². The Morgan fingerprint density at radius 2 is 2.10 bits per heavy atom. The highest BCUT2D eigenvalue weighted by molar-refractivity contribution is 5.94. The van der Waals surface area contributed by atoms with Crippen LogP contribution in [0, 0.1) is 0 Å². The molecular weight excluding hydrogens is 260 g/mol. The second-order valence-electron chi connectivity index (χ2n) is 4.30. The first-order valence-electron chi connectivity index (χ1n) is 6.20. The summed E-state index contributed by atoms with van der Waals surface area (Å²) in [6, 6.07) is 8.92. The van der Waals surface area contributed by atoms with Crippen LogP contribution in [0.4, 0.5) is 5.69 Å². The molecule has 20 heavy (non-hydrogen) atoms. The fourth-order valence-corrected chi connectivity index (χ4v) is 2.05. The van der Waals surface area contributed by atoms with Gasteiger partial charge in [-0.1, -0.05) is 0 Å². The van der Waals surface area contributed by atoms with Crippen molar-refractivity contribution in [3.8, 4) is 11.5 Å². The lowest BCUT2D eigenvalue weighted by Crippen LogP contribution is -2.35. The van der Waals surface area contributed by atoms with Gasteiger partial charge in [-0.25, -0.2) is 0 Å². The van der Waals surface area contributed by atoms with Crippen LogP contribution in [0.2, 0.25) is 0 Å². The molecule has 6 heteroatoms. The lowest BCUT2D eigenvalue weighted by molar-refractivity contribution is -0.117. The maximum Gasteiger partial charge on any atom is 0.241 e. The summed E-state index contributed by atoms with van der Waals surface area (Å²) in [5, 5.41) is 0. The predicted molar refractivity (Wildman–Crippen MR) is 71.5 cm³/mol. The van der Waals surface area contributed by atoms with Crippen LogP contribution in [-0.2, 0) is 11.3 Å². The summed E-state index contributed by atoms with van der Waals surface area (Å²) in [6.07, 6.45) is 1.57. The van der Waals surface area contributed by atoms with E-state index >= 15 is 0 Å². The molecule has 0 radical (unpaired) electrons. The molecule has 2 aromatic rings. The van der Waals surface area contributed by atoms with Gasteiger partial charge in [0.05, 0.1) is 19.4 Å². The second kappa shape index (κ2) is 5.26. The van der Waals surface area contributed by atoms with E-state index in [1.54, 1.807) is 35.4 Å². The molecule has 0 bridgehead atoms. The molecular formula is C14H14N2O4. The molecule has 0 aliphatic carbocycles. The van der Waals surface area contributed by atoms with Gasteiger partial charge in [0.25, 0.3) is 0 Å². The predicted octanol–water partition coefficient (Wildman–Crippen LogP) is 1.50. The fraction of sp³-hybridized carbons (Fsp3) is 0.214. The van der Waals surface area contributed by atoms with E-state index in [1.807, 2.05) is 6.07 Å². The third-order valence-corrected chi connectivity index (χ3v) is 3.04. The average molecular weight is 274 g/mol. The minimum absolute atomic E-state index is 0.0743. The van der Waals surface area contributed by atoms with Crippen LogP contribution in [-0.4, -0.2) is 19.2 Å². The van der Waals surface area contributed by atoms with Crippen LogP contribution in [0.25, 0.3) is 0 Å². The van der Waals surface area contributed by atoms with Gasteiger partial charge in [0.2, 0.25) is 12.7 Å². The first-order chi connectivity index (χ1) is 9.78. The molecule has 0 fully saturated rings. The Kier molecular flexibility index (Phi) is 3.30. The molecule has 0 unspecified atom stereocenters. The van der Waals surface area contributed by atoms with E-state index < -0.39 is 0 Å². The molecule has 0 spiro atoms. The Bertz CT molecular complexity index is 610. The number of amides is 1. The number of hydrogen-bond donors (Lipinski definition) is 1. The zero-order valence-electron chi connectivity index (χ0n) is 10.7. The average Bonchev–Trinajstić information content (AvgIpc) is 3.14. The largest absolute Gasteiger partial charge is 0.467 e. The number of rotatable bonds is 4. The third kappa shape index (κ3) is 2.33. The summed E-state index contributed by atoms with van der Waals surface area (Å²) in [6.45, 7) is 0.444. The van der Waals surface area contributed by atoms with Crippen molar-refractivity contribution in [3.63, 3.8) is 0 Å². The lowest BCUT2D eigenvalue weighted by atomic mass is 10.2. The molecule has 2 heterocycles. The molecule has 1 aliphatic rings.